The topological polar surface area (TPSA) is 79.0 Å². The molecule has 1 aromatic heterocycles. The predicted octanol–water partition coefficient (Wildman–Crippen LogP) is 7.32. The molecule has 2 aromatic carbocycles. The molecule has 0 unspecified atom stereocenters. The number of H-pyrrole nitrogens is 1. The third-order valence-electron chi connectivity index (χ3n) is 6.46. The Morgan fingerprint density at radius 1 is 1.11 bits per heavy atom. The molecule has 3 N–H and O–H groups in total. The van der Waals surface area contributed by atoms with Gasteiger partial charge in [0.1, 0.15) is 5.75 Å². The summed E-state index contributed by atoms with van der Waals surface area (Å²) < 4.78 is 40.4. The first-order valence-corrected chi connectivity index (χ1v) is 12.4. The van der Waals surface area contributed by atoms with Gasteiger partial charge in [-0.25, -0.2) is 4.98 Å². The van der Waals surface area contributed by atoms with E-state index in [0.29, 0.717) is 33.6 Å². The Morgan fingerprint density at radius 2 is 1.83 bits per heavy atom. The third kappa shape index (κ3) is 7.63. The van der Waals surface area contributed by atoms with E-state index in [4.69, 9.17) is 0 Å². The lowest BCUT2D eigenvalue weighted by molar-refractivity contribution is -0.274. The van der Waals surface area contributed by atoms with Crippen molar-refractivity contribution in [3.8, 4) is 5.75 Å². The van der Waals surface area contributed by atoms with Crippen molar-refractivity contribution >= 4 is 28.6 Å². The van der Waals surface area contributed by atoms with Gasteiger partial charge in [-0.3, -0.25) is 4.79 Å². The molecular weight excluding hydrogens is 469 g/mol. The average Bonchev–Trinajstić information content (AvgIpc) is 3.49. The lowest BCUT2D eigenvalue weighted by Gasteiger charge is -2.33. The molecule has 3 aromatic rings. The Hall–Kier alpha value is -3.23. The molecule has 2 aliphatic carbocycles. The molecule has 5 rings (SSSR count). The number of ether oxygens (including phenoxy) is 1. The normalized spacial score (nSPS) is 19.2. The molecule has 0 bridgehead atoms. The number of carbonyl (C=O) groups is 1. The van der Waals surface area contributed by atoms with Crippen LogP contribution in [0.1, 0.15) is 69.7 Å². The molecule has 2 fully saturated rings. The molecule has 1 amide bonds. The number of amides is 1. The maximum atomic E-state index is 12.2. The number of imidazole rings is 1. The molecule has 36 heavy (non-hydrogen) atoms. The van der Waals surface area contributed by atoms with Gasteiger partial charge in [-0.05, 0) is 79.5 Å². The maximum Gasteiger partial charge on any atom is 0.573 e. The number of anilines is 2. The Kier molecular flexibility index (Phi) is 7.47. The fourth-order valence-corrected chi connectivity index (χ4v) is 4.66. The lowest BCUT2D eigenvalue weighted by Crippen LogP contribution is -2.25. The Balaban J connectivity index is 0.000000286. The van der Waals surface area contributed by atoms with E-state index in [2.05, 4.69) is 46.1 Å². The Labute approximate surface area is 209 Å². The monoisotopic (exact) mass is 502 g/mol. The first kappa shape index (κ1) is 25.9. The summed E-state index contributed by atoms with van der Waals surface area (Å²) in [5.41, 5.74) is 3.07. The first-order valence-electron chi connectivity index (χ1n) is 12.4. The van der Waals surface area contributed by atoms with Gasteiger partial charge in [-0.1, -0.05) is 33.6 Å². The van der Waals surface area contributed by atoms with Crippen LogP contribution in [0.2, 0.25) is 0 Å². The predicted molar refractivity (Wildman–Crippen MR) is 134 cm³/mol. The fourth-order valence-electron chi connectivity index (χ4n) is 4.66. The minimum absolute atomic E-state index is 0.122. The van der Waals surface area contributed by atoms with Crippen LogP contribution in [-0.2, 0) is 0 Å². The zero-order valence-electron chi connectivity index (χ0n) is 20.8. The lowest BCUT2D eigenvalue weighted by atomic mass is 9.73. The number of hydrogen-bond acceptors (Lipinski definition) is 4. The van der Waals surface area contributed by atoms with Crippen molar-refractivity contribution in [3.05, 3.63) is 48.0 Å². The van der Waals surface area contributed by atoms with E-state index in [1.165, 1.54) is 49.9 Å². The second-order valence-corrected chi connectivity index (χ2v) is 10.6. The number of aromatic nitrogens is 2. The molecule has 0 spiro atoms. The Bertz CT molecular complexity index is 1180. The van der Waals surface area contributed by atoms with Crippen LogP contribution >= 0.6 is 0 Å². The number of benzene rings is 2. The van der Waals surface area contributed by atoms with Crippen molar-refractivity contribution in [1.29, 1.82) is 0 Å². The molecule has 2 saturated carbocycles. The third-order valence-corrected chi connectivity index (χ3v) is 6.46. The van der Waals surface area contributed by atoms with E-state index in [-0.39, 0.29) is 17.7 Å². The standard InChI is InChI=1S/C18H15F3N4O2.C9H18/c19-18(20,21)27-13-6-4-12(5-7-13)23-17-24-14-8-1-10(9-15(14)25-17)16(26)22-11-2-3-11;1-8-5-4-6-9(2,3)7-8/h1,4-9,11H,2-3H2,(H,22,26)(H2,23,24,25);8H,4-7H2,1-3H3/t;8-/m.1/s1. The van der Waals surface area contributed by atoms with E-state index in [0.717, 1.165) is 18.8 Å². The highest BCUT2D eigenvalue weighted by atomic mass is 19.4. The second kappa shape index (κ2) is 10.4. The average molecular weight is 503 g/mol. The molecule has 194 valence electrons. The highest BCUT2D eigenvalue weighted by Crippen LogP contribution is 2.38. The number of nitrogens with one attached hydrogen (secondary N) is 3. The number of alkyl halides is 3. The van der Waals surface area contributed by atoms with Gasteiger partial charge in [0.05, 0.1) is 11.0 Å². The summed E-state index contributed by atoms with van der Waals surface area (Å²) in [6.45, 7) is 7.16. The van der Waals surface area contributed by atoms with Gasteiger partial charge in [-0.2, -0.15) is 0 Å². The molecule has 0 saturated heterocycles. The number of fused-ring (bicyclic) bond motifs is 1. The van der Waals surface area contributed by atoms with Crippen molar-refractivity contribution < 1.29 is 22.7 Å². The van der Waals surface area contributed by atoms with Gasteiger partial charge in [0, 0.05) is 17.3 Å². The van der Waals surface area contributed by atoms with Gasteiger partial charge in [-0.15, -0.1) is 13.2 Å². The summed E-state index contributed by atoms with van der Waals surface area (Å²) in [5, 5.41) is 5.89. The number of halogens is 3. The zero-order chi connectivity index (χ0) is 25.9. The smallest absolute Gasteiger partial charge is 0.406 e. The van der Waals surface area contributed by atoms with Crippen LogP contribution in [-0.4, -0.2) is 28.3 Å². The highest BCUT2D eigenvalue weighted by Gasteiger charge is 2.31. The molecule has 1 heterocycles. The molecular formula is C27H33F3N4O2. The second-order valence-electron chi connectivity index (χ2n) is 10.6. The van der Waals surface area contributed by atoms with Crippen LogP contribution in [0.25, 0.3) is 11.0 Å². The molecule has 2 aliphatic rings. The molecule has 0 aliphatic heterocycles. The quantitative estimate of drug-likeness (QED) is 0.342. The number of rotatable bonds is 5. The van der Waals surface area contributed by atoms with Crippen LogP contribution in [0, 0.1) is 11.3 Å². The van der Waals surface area contributed by atoms with E-state index in [9.17, 15) is 18.0 Å². The fraction of sp³-hybridized carbons (Fsp3) is 0.481. The van der Waals surface area contributed by atoms with Gasteiger partial charge in [0.15, 0.2) is 0 Å². The van der Waals surface area contributed by atoms with E-state index in [1.807, 2.05) is 0 Å². The summed E-state index contributed by atoms with van der Waals surface area (Å²) in [6.07, 6.45) is 3.09. The van der Waals surface area contributed by atoms with Crippen molar-refractivity contribution in [3.63, 3.8) is 0 Å². The zero-order valence-corrected chi connectivity index (χ0v) is 20.8. The van der Waals surface area contributed by atoms with Crippen LogP contribution in [0.5, 0.6) is 5.75 Å². The summed E-state index contributed by atoms with van der Waals surface area (Å²) in [4.78, 5) is 19.5. The van der Waals surface area contributed by atoms with Crippen LogP contribution in [0.15, 0.2) is 42.5 Å². The summed E-state index contributed by atoms with van der Waals surface area (Å²) in [7, 11) is 0. The van der Waals surface area contributed by atoms with Crippen LogP contribution in [0.4, 0.5) is 24.8 Å². The van der Waals surface area contributed by atoms with Crippen molar-refractivity contribution in [2.75, 3.05) is 5.32 Å². The minimum Gasteiger partial charge on any atom is -0.406 e. The van der Waals surface area contributed by atoms with Gasteiger partial charge in [0.2, 0.25) is 5.95 Å². The molecule has 6 nitrogen and oxygen atoms in total. The maximum absolute atomic E-state index is 12.2. The van der Waals surface area contributed by atoms with Crippen LogP contribution < -0.4 is 15.4 Å². The first-order chi connectivity index (χ1) is 17.0. The number of hydrogen-bond donors (Lipinski definition) is 3. The van der Waals surface area contributed by atoms with E-state index in [1.54, 1.807) is 18.2 Å². The number of nitrogens with zero attached hydrogens (tertiary/aromatic N) is 1. The van der Waals surface area contributed by atoms with E-state index >= 15 is 0 Å². The van der Waals surface area contributed by atoms with Crippen LogP contribution in [0.3, 0.4) is 0 Å². The highest BCUT2D eigenvalue weighted by molar-refractivity contribution is 5.98. The summed E-state index contributed by atoms with van der Waals surface area (Å²) in [5.74, 6) is 0.968. The SMILES string of the molecule is C[C@@H]1CCCC(C)(C)C1.O=C(NC1CC1)c1ccc2nc(Nc3ccc(OC(F)(F)F)cc3)[nH]c2c1. The van der Waals surface area contributed by atoms with Crippen molar-refractivity contribution in [2.45, 2.75) is 71.7 Å². The van der Waals surface area contributed by atoms with E-state index < -0.39 is 6.36 Å². The molecule has 9 heteroatoms. The summed E-state index contributed by atoms with van der Waals surface area (Å²) >= 11 is 0. The van der Waals surface area contributed by atoms with Gasteiger partial charge in [0.25, 0.3) is 5.91 Å². The minimum atomic E-state index is -4.73. The van der Waals surface area contributed by atoms with Crippen molar-refractivity contribution in [2.24, 2.45) is 11.3 Å². The molecule has 1 atom stereocenters. The summed E-state index contributed by atoms with van der Waals surface area (Å²) in [6, 6.07) is 10.7. The Morgan fingerprint density at radius 3 is 2.42 bits per heavy atom. The van der Waals surface area contributed by atoms with Gasteiger partial charge < -0.3 is 20.4 Å². The van der Waals surface area contributed by atoms with Crippen molar-refractivity contribution in [1.82, 2.24) is 15.3 Å². The van der Waals surface area contributed by atoms with Gasteiger partial charge >= 0.3 is 6.36 Å². The number of carbonyl (C=O) groups excluding carboxylic acids is 1. The largest absolute Gasteiger partial charge is 0.573 e. The number of aromatic amines is 1. The molecule has 0 radical (unpaired) electrons.